The Morgan fingerprint density at radius 2 is 2.15 bits per heavy atom. The minimum absolute atomic E-state index is 0.298. The third-order valence-electron chi connectivity index (χ3n) is 1.71. The molecule has 13 heavy (non-hydrogen) atoms. The van der Waals surface area contributed by atoms with E-state index < -0.39 is 11.7 Å². The lowest BCUT2D eigenvalue weighted by Crippen LogP contribution is -2.23. The van der Waals surface area contributed by atoms with E-state index in [9.17, 15) is 9.18 Å². The Labute approximate surface area is 75.4 Å². The summed E-state index contributed by atoms with van der Waals surface area (Å²) in [5.74, 6) is -0.938. The van der Waals surface area contributed by atoms with Crippen molar-refractivity contribution in [3.05, 3.63) is 35.1 Å². The van der Waals surface area contributed by atoms with Crippen LogP contribution in [0.15, 0.2) is 18.2 Å². The number of hydrogen-bond acceptors (Lipinski definition) is 2. The fraction of sp³-hybridized carbons (Fsp3) is 0.222. The van der Waals surface area contributed by atoms with Crippen molar-refractivity contribution in [3.63, 3.8) is 0 Å². The third-order valence-corrected chi connectivity index (χ3v) is 1.71. The van der Waals surface area contributed by atoms with E-state index in [1.165, 1.54) is 25.2 Å². The molecule has 0 atom stereocenters. The first-order chi connectivity index (χ1) is 6.02. The molecule has 0 aliphatic rings. The lowest BCUT2D eigenvalue weighted by Gasteiger charge is -2.10. The van der Waals surface area contributed by atoms with E-state index in [1.807, 2.05) is 0 Å². The zero-order valence-electron chi connectivity index (χ0n) is 7.41. The van der Waals surface area contributed by atoms with Crippen LogP contribution in [-0.2, 0) is 0 Å². The minimum atomic E-state index is -0.544. The van der Waals surface area contributed by atoms with Gasteiger partial charge in [-0.05, 0) is 30.7 Å². The first-order valence-electron chi connectivity index (χ1n) is 3.75. The topological polar surface area (TPSA) is 40.5 Å². The molecule has 0 heterocycles. The van der Waals surface area contributed by atoms with Crippen LogP contribution in [0.25, 0.3) is 0 Å². The molecule has 0 radical (unpaired) electrons. The van der Waals surface area contributed by atoms with Crippen LogP contribution >= 0.6 is 0 Å². The summed E-state index contributed by atoms with van der Waals surface area (Å²) < 4.78 is 12.6. The molecule has 0 unspecified atom stereocenters. The maximum atomic E-state index is 12.6. The Bertz CT molecular complexity index is 336. The number of carbonyl (C=O) groups is 1. The molecule has 1 aromatic carbocycles. The molecule has 0 aromatic heterocycles. The predicted octanol–water partition coefficient (Wildman–Crippen LogP) is 1.60. The number of benzene rings is 1. The van der Waals surface area contributed by atoms with E-state index in [0.29, 0.717) is 16.2 Å². The first-order valence-corrected chi connectivity index (χ1v) is 3.75. The Morgan fingerprint density at radius 1 is 1.54 bits per heavy atom. The van der Waals surface area contributed by atoms with Gasteiger partial charge in [0.2, 0.25) is 0 Å². The van der Waals surface area contributed by atoms with Crippen LogP contribution < -0.4 is 0 Å². The highest BCUT2D eigenvalue weighted by molar-refractivity contribution is 5.94. The van der Waals surface area contributed by atoms with E-state index in [-0.39, 0.29) is 0 Å². The lowest BCUT2D eigenvalue weighted by atomic mass is 10.1. The number of amides is 1. The van der Waals surface area contributed by atoms with Crippen LogP contribution in [0.1, 0.15) is 15.9 Å². The van der Waals surface area contributed by atoms with E-state index >= 15 is 0 Å². The van der Waals surface area contributed by atoms with Gasteiger partial charge >= 0.3 is 0 Å². The maximum Gasteiger partial charge on any atom is 0.277 e. The molecule has 0 spiro atoms. The van der Waals surface area contributed by atoms with Crippen LogP contribution in [0.4, 0.5) is 4.39 Å². The van der Waals surface area contributed by atoms with Gasteiger partial charge in [0.25, 0.3) is 5.91 Å². The van der Waals surface area contributed by atoms with Crippen molar-refractivity contribution in [2.75, 3.05) is 7.05 Å². The molecular weight excluding hydrogens is 173 g/mol. The average Bonchev–Trinajstić information content (AvgIpc) is 2.03. The molecule has 1 rings (SSSR count). The number of rotatable bonds is 1. The van der Waals surface area contributed by atoms with Gasteiger partial charge < -0.3 is 0 Å². The normalized spacial score (nSPS) is 9.85. The van der Waals surface area contributed by atoms with Crippen LogP contribution in [0.5, 0.6) is 0 Å². The van der Waals surface area contributed by atoms with Gasteiger partial charge in [-0.1, -0.05) is 0 Å². The number of carbonyl (C=O) groups excluding carboxylic acids is 1. The van der Waals surface area contributed by atoms with Gasteiger partial charge in [0.05, 0.1) is 0 Å². The van der Waals surface area contributed by atoms with Gasteiger partial charge in [0.15, 0.2) is 0 Å². The molecule has 70 valence electrons. The molecule has 0 saturated carbocycles. The Morgan fingerprint density at radius 3 is 2.62 bits per heavy atom. The molecule has 4 heteroatoms. The molecule has 0 aliphatic carbocycles. The summed E-state index contributed by atoms with van der Waals surface area (Å²) in [5, 5.41) is 9.33. The summed E-state index contributed by atoms with van der Waals surface area (Å²) in [6.07, 6.45) is 0. The Balaban J connectivity index is 3.09. The van der Waals surface area contributed by atoms with Crippen molar-refractivity contribution in [1.29, 1.82) is 0 Å². The zero-order valence-corrected chi connectivity index (χ0v) is 7.41. The SMILES string of the molecule is Cc1cc(F)ccc1C(=O)N(C)O. The summed E-state index contributed by atoms with van der Waals surface area (Å²) in [7, 11) is 1.23. The van der Waals surface area contributed by atoms with E-state index in [0.717, 1.165) is 0 Å². The molecule has 1 aromatic rings. The summed E-state index contributed by atoms with van der Waals surface area (Å²) in [6, 6.07) is 3.78. The maximum absolute atomic E-state index is 12.6. The molecule has 0 fully saturated rings. The lowest BCUT2D eigenvalue weighted by molar-refractivity contribution is -0.0375. The van der Waals surface area contributed by atoms with Crippen molar-refractivity contribution in [1.82, 2.24) is 5.06 Å². The van der Waals surface area contributed by atoms with Crippen LogP contribution in [0.3, 0.4) is 0 Å². The van der Waals surface area contributed by atoms with Crippen LogP contribution in [-0.4, -0.2) is 23.2 Å². The molecular formula is C9H10FNO2. The van der Waals surface area contributed by atoms with Gasteiger partial charge in [-0.2, -0.15) is 0 Å². The highest BCUT2D eigenvalue weighted by Gasteiger charge is 2.12. The second-order valence-electron chi connectivity index (χ2n) is 2.79. The molecule has 3 nitrogen and oxygen atoms in total. The van der Waals surface area contributed by atoms with Gasteiger partial charge in [-0.25, -0.2) is 9.45 Å². The molecule has 0 bridgehead atoms. The average molecular weight is 183 g/mol. The summed E-state index contributed by atoms with van der Waals surface area (Å²) in [6.45, 7) is 1.61. The monoisotopic (exact) mass is 183 g/mol. The van der Waals surface area contributed by atoms with Crippen molar-refractivity contribution in [3.8, 4) is 0 Å². The highest BCUT2D eigenvalue weighted by atomic mass is 19.1. The number of aryl methyl sites for hydroxylation is 1. The van der Waals surface area contributed by atoms with Crippen LogP contribution in [0, 0.1) is 12.7 Å². The van der Waals surface area contributed by atoms with Gasteiger partial charge in [0.1, 0.15) is 5.82 Å². The number of hydrogen-bond donors (Lipinski definition) is 1. The van der Waals surface area contributed by atoms with Crippen molar-refractivity contribution in [2.45, 2.75) is 6.92 Å². The molecule has 0 aliphatic heterocycles. The van der Waals surface area contributed by atoms with E-state index in [4.69, 9.17) is 5.21 Å². The van der Waals surface area contributed by atoms with Gasteiger partial charge in [-0.3, -0.25) is 10.0 Å². The molecule has 1 N–H and O–H groups in total. The van der Waals surface area contributed by atoms with Crippen molar-refractivity contribution in [2.24, 2.45) is 0 Å². The van der Waals surface area contributed by atoms with E-state index in [1.54, 1.807) is 6.92 Å². The summed E-state index contributed by atoms with van der Waals surface area (Å²) >= 11 is 0. The largest absolute Gasteiger partial charge is 0.286 e. The smallest absolute Gasteiger partial charge is 0.277 e. The first kappa shape index (κ1) is 9.67. The molecule has 1 amide bonds. The second kappa shape index (κ2) is 3.53. The highest BCUT2D eigenvalue weighted by Crippen LogP contribution is 2.11. The third kappa shape index (κ3) is 2.03. The predicted molar refractivity (Wildman–Crippen MR) is 45.0 cm³/mol. The van der Waals surface area contributed by atoms with Crippen molar-refractivity contribution >= 4 is 5.91 Å². The molecule has 0 saturated heterocycles. The quantitative estimate of drug-likeness (QED) is 0.530. The minimum Gasteiger partial charge on any atom is -0.286 e. The number of nitrogens with zero attached hydrogens (tertiary/aromatic N) is 1. The van der Waals surface area contributed by atoms with Crippen molar-refractivity contribution < 1.29 is 14.4 Å². The fourth-order valence-corrected chi connectivity index (χ4v) is 1.04. The van der Waals surface area contributed by atoms with Gasteiger partial charge in [0, 0.05) is 12.6 Å². The summed E-state index contributed by atoms with van der Waals surface area (Å²) in [4.78, 5) is 11.2. The Kier molecular flexibility index (Phi) is 2.63. The zero-order chi connectivity index (χ0) is 10.0. The Hall–Kier alpha value is -1.42. The van der Waals surface area contributed by atoms with Crippen LogP contribution in [0.2, 0.25) is 0 Å². The van der Waals surface area contributed by atoms with Gasteiger partial charge in [-0.15, -0.1) is 0 Å². The summed E-state index contributed by atoms with van der Waals surface area (Å²) in [5.41, 5.74) is 0.803. The second-order valence-corrected chi connectivity index (χ2v) is 2.79. The number of hydroxylamine groups is 2. The fourth-order valence-electron chi connectivity index (χ4n) is 1.04. The standard InChI is InChI=1S/C9H10FNO2/c1-6-5-7(10)3-4-8(6)9(12)11(2)13/h3-5,13H,1-2H3. The number of halogens is 1. The van der Waals surface area contributed by atoms with E-state index in [2.05, 4.69) is 0 Å².